The molecule has 0 bridgehead atoms. The van der Waals surface area contributed by atoms with Crippen LogP contribution >= 0.6 is 11.3 Å². The van der Waals surface area contributed by atoms with E-state index in [0.29, 0.717) is 12.6 Å². The van der Waals surface area contributed by atoms with E-state index in [0.717, 1.165) is 17.4 Å². The number of nitrogens with zero attached hydrogens (tertiary/aromatic N) is 3. The highest BCUT2D eigenvalue weighted by Gasteiger charge is 2.24. The number of ether oxygens (including phenoxy) is 1. The second kappa shape index (κ2) is 6.02. The van der Waals surface area contributed by atoms with Crippen molar-refractivity contribution in [3.8, 4) is 5.75 Å². The van der Waals surface area contributed by atoms with Crippen LogP contribution in [-0.2, 0) is 0 Å². The molecule has 1 aliphatic rings. The van der Waals surface area contributed by atoms with E-state index in [1.165, 1.54) is 19.3 Å². The van der Waals surface area contributed by atoms with Crippen LogP contribution in [0.2, 0.25) is 0 Å². The second-order valence-electron chi connectivity index (χ2n) is 4.66. The Hall–Kier alpha value is -1.62. The van der Waals surface area contributed by atoms with Gasteiger partial charge in [-0.3, -0.25) is 4.98 Å². The average Bonchev–Trinajstić information content (AvgIpc) is 3.01. The van der Waals surface area contributed by atoms with Gasteiger partial charge in [0.15, 0.2) is 5.13 Å². The number of thiazole rings is 1. The molecule has 1 atom stereocenters. The van der Waals surface area contributed by atoms with Gasteiger partial charge in [0.2, 0.25) is 0 Å². The van der Waals surface area contributed by atoms with Crippen LogP contribution in [0.3, 0.4) is 0 Å². The lowest BCUT2D eigenvalue weighted by Gasteiger charge is -2.35. The fraction of sp³-hybridized carbons (Fsp3) is 0.429. The van der Waals surface area contributed by atoms with Gasteiger partial charge in [-0.2, -0.15) is 0 Å². The van der Waals surface area contributed by atoms with Crippen LogP contribution in [0.5, 0.6) is 5.75 Å². The van der Waals surface area contributed by atoms with E-state index in [1.54, 1.807) is 23.7 Å². The van der Waals surface area contributed by atoms with Crippen molar-refractivity contribution in [2.24, 2.45) is 0 Å². The van der Waals surface area contributed by atoms with E-state index in [-0.39, 0.29) is 0 Å². The van der Waals surface area contributed by atoms with Crippen molar-refractivity contribution in [2.45, 2.75) is 25.3 Å². The average molecular weight is 275 g/mol. The first-order chi connectivity index (χ1) is 9.43. The highest BCUT2D eigenvalue weighted by atomic mass is 32.1. The molecule has 0 saturated carbocycles. The smallest absolute Gasteiger partial charge is 0.185 e. The molecule has 0 spiro atoms. The van der Waals surface area contributed by atoms with Crippen LogP contribution in [0.15, 0.2) is 36.1 Å². The van der Waals surface area contributed by atoms with Crippen molar-refractivity contribution in [3.63, 3.8) is 0 Å². The predicted octanol–water partition coefficient (Wildman–Crippen LogP) is 2.98. The summed E-state index contributed by atoms with van der Waals surface area (Å²) >= 11 is 1.70. The van der Waals surface area contributed by atoms with Crippen molar-refractivity contribution in [3.05, 3.63) is 36.1 Å². The van der Waals surface area contributed by atoms with Crippen LogP contribution in [0.4, 0.5) is 5.13 Å². The van der Waals surface area contributed by atoms with Crippen LogP contribution in [0.25, 0.3) is 0 Å². The number of aromatic nitrogens is 2. The van der Waals surface area contributed by atoms with Gasteiger partial charge in [-0.25, -0.2) is 4.98 Å². The zero-order valence-corrected chi connectivity index (χ0v) is 11.6. The molecule has 0 radical (unpaired) electrons. The Bertz CT molecular complexity index is 489. The molecule has 19 heavy (non-hydrogen) atoms. The maximum absolute atomic E-state index is 5.85. The molecular weight excluding hydrogens is 258 g/mol. The Morgan fingerprint density at radius 3 is 3.16 bits per heavy atom. The SMILES string of the molecule is c1cncc(OCC2CCCCN2c2nccs2)c1. The monoisotopic (exact) mass is 275 g/mol. The first kappa shape index (κ1) is 12.4. The van der Waals surface area contributed by atoms with Gasteiger partial charge in [0.25, 0.3) is 0 Å². The Morgan fingerprint density at radius 1 is 1.37 bits per heavy atom. The van der Waals surface area contributed by atoms with Crippen LogP contribution in [0.1, 0.15) is 19.3 Å². The maximum atomic E-state index is 5.85. The Labute approximate surface area is 117 Å². The molecule has 3 rings (SSSR count). The zero-order chi connectivity index (χ0) is 12.9. The minimum absolute atomic E-state index is 0.417. The van der Waals surface area contributed by atoms with Crippen LogP contribution in [-0.4, -0.2) is 29.2 Å². The summed E-state index contributed by atoms with van der Waals surface area (Å²) in [4.78, 5) is 10.9. The molecule has 1 fully saturated rings. The minimum atomic E-state index is 0.417. The molecule has 1 aliphatic heterocycles. The van der Waals surface area contributed by atoms with Crippen molar-refractivity contribution >= 4 is 16.5 Å². The number of pyridine rings is 1. The summed E-state index contributed by atoms with van der Waals surface area (Å²) in [5, 5.41) is 3.14. The summed E-state index contributed by atoms with van der Waals surface area (Å²) in [7, 11) is 0. The highest BCUT2D eigenvalue weighted by molar-refractivity contribution is 7.13. The fourth-order valence-corrected chi connectivity index (χ4v) is 3.15. The summed E-state index contributed by atoms with van der Waals surface area (Å²) in [6, 6.07) is 4.26. The summed E-state index contributed by atoms with van der Waals surface area (Å²) in [6.07, 6.45) is 9.06. The Morgan fingerprint density at radius 2 is 2.37 bits per heavy atom. The van der Waals surface area contributed by atoms with E-state index in [1.807, 2.05) is 23.7 Å². The van der Waals surface area contributed by atoms with Crippen LogP contribution < -0.4 is 9.64 Å². The Kier molecular flexibility index (Phi) is 3.93. The topological polar surface area (TPSA) is 38.2 Å². The van der Waals surface area contributed by atoms with Crippen molar-refractivity contribution in [1.82, 2.24) is 9.97 Å². The molecule has 0 N–H and O–H groups in total. The molecule has 0 amide bonds. The van der Waals surface area contributed by atoms with Gasteiger partial charge in [-0.15, -0.1) is 11.3 Å². The van der Waals surface area contributed by atoms with Gasteiger partial charge in [0.05, 0.1) is 12.2 Å². The minimum Gasteiger partial charge on any atom is -0.490 e. The van der Waals surface area contributed by atoms with Gasteiger partial charge < -0.3 is 9.64 Å². The Balaban J connectivity index is 1.64. The van der Waals surface area contributed by atoms with Crippen molar-refractivity contribution in [1.29, 1.82) is 0 Å². The highest BCUT2D eigenvalue weighted by Crippen LogP contribution is 2.26. The maximum Gasteiger partial charge on any atom is 0.185 e. The van der Waals surface area contributed by atoms with E-state index in [4.69, 9.17) is 4.74 Å². The number of hydrogen-bond acceptors (Lipinski definition) is 5. The molecule has 100 valence electrons. The van der Waals surface area contributed by atoms with Crippen molar-refractivity contribution < 1.29 is 4.74 Å². The first-order valence-corrected chi connectivity index (χ1v) is 7.50. The van der Waals surface area contributed by atoms with Gasteiger partial charge in [0.1, 0.15) is 12.4 Å². The summed E-state index contributed by atoms with van der Waals surface area (Å²) in [5.74, 6) is 0.840. The van der Waals surface area contributed by atoms with Gasteiger partial charge in [-0.1, -0.05) is 0 Å². The van der Waals surface area contributed by atoms with Gasteiger partial charge >= 0.3 is 0 Å². The second-order valence-corrected chi connectivity index (χ2v) is 5.53. The largest absolute Gasteiger partial charge is 0.490 e. The molecule has 2 aromatic rings. The molecule has 0 aliphatic carbocycles. The molecule has 1 saturated heterocycles. The summed E-state index contributed by atoms with van der Waals surface area (Å²) < 4.78 is 5.85. The fourth-order valence-electron chi connectivity index (χ4n) is 2.41. The number of piperidine rings is 1. The molecule has 0 aromatic carbocycles. The normalized spacial score (nSPS) is 19.4. The molecule has 5 heteroatoms. The number of rotatable bonds is 4. The lowest BCUT2D eigenvalue weighted by Crippen LogP contribution is -2.43. The van der Waals surface area contributed by atoms with Crippen molar-refractivity contribution in [2.75, 3.05) is 18.1 Å². The predicted molar refractivity (Wildman–Crippen MR) is 76.8 cm³/mol. The molecule has 4 nitrogen and oxygen atoms in total. The first-order valence-electron chi connectivity index (χ1n) is 6.62. The summed E-state index contributed by atoms with van der Waals surface area (Å²) in [5.41, 5.74) is 0. The van der Waals surface area contributed by atoms with E-state index < -0.39 is 0 Å². The number of hydrogen-bond donors (Lipinski definition) is 0. The standard InChI is InChI=1S/C14H17N3OS/c1-2-8-17(14-16-7-9-19-14)12(4-1)11-18-13-5-3-6-15-10-13/h3,5-7,9-10,12H,1-2,4,8,11H2. The number of anilines is 1. The van der Waals surface area contributed by atoms with E-state index >= 15 is 0 Å². The lowest BCUT2D eigenvalue weighted by atomic mass is 10.0. The third-order valence-corrected chi connectivity index (χ3v) is 4.18. The zero-order valence-electron chi connectivity index (χ0n) is 10.7. The van der Waals surface area contributed by atoms with Crippen LogP contribution in [0, 0.1) is 0 Å². The van der Waals surface area contributed by atoms with E-state index in [2.05, 4.69) is 14.9 Å². The van der Waals surface area contributed by atoms with Gasteiger partial charge in [-0.05, 0) is 31.4 Å². The lowest BCUT2D eigenvalue weighted by molar-refractivity contribution is 0.259. The quantitative estimate of drug-likeness (QED) is 0.860. The third kappa shape index (κ3) is 3.04. The molecule has 1 unspecified atom stereocenters. The van der Waals surface area contributed by atoms with Gasteiger partial charge in [0, 0.05) is 24.3 Å². The molecular formula is C14H17N3OS. The molecule has 3 heterocycles. The third-order valence-electron chi connectivity index (χ3n) is 3.37. The summed E-state index contributed by atoms with van der Waals surface area (Å²) in [6.45, 7) is 1.78. The van der Waals surface area contributed by atoms with E-state index in [9.17, 15) is 0 Å². The molecule has 2 aromatic heterocycles.